The van der Waals surface area contributed by atoms with Gasteiger partial charge in [0.15, 0.2) is 20.7 Å². The third kappa shape index (κ3) is 14.3. The van der Waals surface area contributed by atoms with Crippen molar-refractivity contribution in [2.75, 3.05) is 40.3 Å². The van der Waals surface area contributed by atoms with Crippen LogP contribution >= 0.6 is 23.8 Å². The number of phenolic OH excluding ortho intramolecular Hbond substituents is 1. The predicted octanol–water partition coefficient (Wildman–Crippen LogP) is 5.18. The van der Waals surface area contributed by atoms with Crippen molar-refractivity contribution >= 4 is 107 Å². The lowest BCUT2D eigenvalue weighted by Gasteiger charge is -2.22. The summed E-state index contributed by atoms with van der Waals surface area (Å²) in [4.78, 5) is 36.8. The van der Waals surface area contributed by atoms with Gasteiger partial charge in [-0.05, 0) is 55.5 Å². The third-order valence-corrected chi connectivity index (χ3v) is 12.5. The summed E-state index contributed by atoms with van der Waals surface area (Å²) >= 11 is 1.16. The van der Waals surface area contributed by atoms with Gasteiger partial charge in [0.2, 0.25) is 17.7 Å². The smallest absolute Gasteiger partial charge is 0.397 e. The Bertz CT molecular complexity index is 3000. The van der Waals surface area contributed by atoms with Gasteiger partial charge in [0.1, 0.15) is 5.69 Å². The van der Waals surface area contributed by atoms with E-state index < -0.39 is 88.4 Å². The van der Waals surface area contributed by atoms with Crippen molar-refractivity contribution in [2.24, 2.45) is 15.3 Å². The van der Waals surface area contributed by atoms with Crippen LogP contribution in [-0.2, 0) is 48.7 Å². The van der Waals surface area contributed by atoms with Gasteiger partial charge in [-0.3, -0.25) is 19.3 Å². The number of hydrazone groups is 1. The first-order valence-electron chi connectivity index (χ1n) is 17.9. The van der Waals surface area contributed by atoms with Gasteiger partial charge < -0.3 is 25.5 Å². The molecule has 1 aromatic heterocycles. The maximum Gasteiger partial charge on any atom is 0.397 e. The topological polar surface area (TPSA) is 389 Å². The predicted molar refractivity (Wildman–Crippen MR) is 233 cm³/mol. The van der Waals surface area contributed by atoms with E-state index in [1.54, 1.807) is 25.1 Å². The number of anilines is 5. The quantitative estimate of drug-likeness (QED) is 0.00509. The standard InChI is InChI=1S/C35H33N9O17S5/c1-2-44(21-9-6-10-23(15-21)64(51,52)14-13-59-66(56,57)58)34-37-33(38-35(39-34)62-19-29(45)46)36-27-17-24(65(53,54)55)18-28(30(27)47)41-43-31(20-7-4-3-5-8-20)42-40-26-16-22(63-61-60-50)11-12-25(26)32(48)49/h3-12,15-18,40,47,50H,2,13-14,19H2,1H3,(H,45,46)(H,48,49)(H,53,54,55)(H,56,57,58)(H,36,37,38,39)/b42-31-,43-41?. The van der Waals surface area contributed by atoms with Crippen molar-refractivity contribution in [1.29, 1.82) is 0 Å². The molecule has 0 saturated carbocycles. The highest BCUT2D eigenvalue weighted by molar-refractivity contribution is 7.99. The van der Waals surface area contributed by atoms with Crippen LogP contribution in [0, 0.1) is 0 Å². The number of aromatic carboxylic acids is 1. The summed E-state index contributed by atoms with van der Waals surface area (Å²) in [5.74, 6) is -5.75. The average molecular weight is 1010 g/mol. The van der Waals surface area contributed by atoms with Gasteiger partial charge in [0.05, 0.1) is 56.9 Å². The van der Waals surface area contributed by atoms with Crippen LogP contribution in [0.1, 0.15) is 22.8 Å². The molecule has 5 aromatic rings. The zero-order valence-corrected chi connectivity index (χ0v) is 37.3. The van der Waals surface area contributed by atoms with Crippen molar-refractivity contribution in [3.63, 3.8) is 0 Å². The summed E-state index contributed by atoms with van der Waals surface area (Å²) in [6.45, 7) is 0.757. The van der Waals surface area contributed by atoms with E-state index in [-0.39, 0.29) is 55.8 Å². The number of carboxylic acid groups (broad SMARTS) is 2. The molecule has 0 amide bonds. The monoisotopic (exact) mass is 1010 g/mol. The Morgan fingerprint density at radius 3 is 2.26 bits per heavy atom. The van der Waals surface area contributed by atoms with E-state index in [1.807, 2.05) is 0 Å². The number of aromatic nitrogens is 3. The minimum atomic E-state index is -5.05. The molecule has 31 heteroatoms. The second-order valence-corrected chi connectivity index (χ2v) is 18.9. The van der Waals surface area contributed by atoms with Crippen molar-refractivity contribution < 1.29 is 78.1 Å². The zero-order chi connectivity index (χ0) is 48.2. The maximum atomic E-state index is 13.0. The molecule has 0 bridgehead atoms. The highest BCUT2D eigenvalue weighted by Crippen LogP contribution is 2.39. The number of carbonyl (C=O) groups is 2. The number of phenols is 1. The number of carboxylic acids is 2. The number of amidine groups is 1. The number of sulfone groups is 1. The Morgan fingerprint density at radius 1 is 0.864 bits per heavy atom. The van der Waals surface area contributed by atoms with Gasteiger partial charge in [-0.2, -0.15) is 36.9 Å². The molecule has 0 spiro atoms. The van der Waals surface area contributed by atoms with Crippen molar-refractivity contribution in [1.82, 2.24) is 15.0 Å². The van der Waals surface area contributed by atoms with Crippen molar-refractivity contribution in [2.45, 2.75) is 26.8 Å². The van der Waals surface area contributed by atoms with E-state index in [2.05, 4.69) is 54.6 Å². The minimum Gasteiger partial charge on any atom is -0.504 e. The van der Waals surface area contributed by atoms with Gasteiger partial charge in [0.25, 0.3) is 10.1 Å². The van der Waals surface area contributed by atoms with Crippen LogP contribution in [0.15, 0.2) is 120 Å². The highest BCUT2D eigenvalue weighted by Gasteiger charge is 2.23. The molecule has 5 rings (SSSR count). The van der Waals surface area contributed by atoms with E-state index in [9.17, 15) is 54.7 Å². The lowest BCUT2D eigenvalue weighted by molar-refractivity contribution is -0.432. The van der Waals surface area contributed by atoms with Gasteiger partial charge in [-0.15, -0.1) is 14.6 Å². The van der Waals surface area contributed by atoms with Gasteiger partial charge in [0, 0.05) is 22.7 Å². The van der Waals surface area contributed by atoms with Crippen molar-refractivity contribution in [3.8, 4) is 5.75 Å². The van der Waals surface area contributed by atoms with Crippen LogP contribution in [0.3, 0.4) is 0 Å². The first-order chi connectivity index (χ1) is 31.2. The number of rotatable bonds is 22. The van der Waals surface area contributed by atoms with E-state index >= 15 is 0 Å². The number of thioether (sulfide) groups is 1. The average Bonchev–Trinajstić information content (AvgIpc) is 3.25. The number of nitrogens with one attached hydrogen (secondary N) is 2. The van der Waals surface area contributed by atoms with Crippen LogP contribution in [-0.4, -0.2) is 112 Å². The van der Waals surface area contributed by atoms with Crippen LogP contribution in [0.5, 0.6) is 5.75 Å². The van der Waals surface area contributed by atoms with Gasteiger partial charge in [-0.1, -0.05) is 53.2 Å². The molecule has 4 aromatic carbocycles. The molecule has 0 aliphatic carbocycles. The molecule has 0 saturated heterocycles. The molecule has 0 atom stereocenters. The van der Waals surface area contributed by atoms with E-state index in [1.165, 1.54) is 59.5 Å². The third-order valence-electron chi connectivity index (χ3n) is 8.11. The molecule has 1 heterocycles. The fourth-order valence-corrected chi connectivity index (χ4v) is 8.25. The maximum absolute atomic E-state index is 13.0. The molecule has 66 heavy (non-hydrogen) atoms. The summed E-state index contributed by atoms with van der Waals surface area (Å²) in [6.07, 6.45) is 0. The summed E-state index contributed by atoms with van der Waals surface area (Å²) < 4.78 is 100. The zero-order valence-electron chi connectivity index (χ0n) is 33.3. The second-order valence-electron chi connectivity index (χ2n) is 12.5. The molecule has 0 aliphatic heterocycles. The summed E-state index contributed by atoms with van der Waals surface area (Å²) in [5.41, 5.74) is 1.54. The fourth-order valence-electron chi connectivity index (χ4n) is 5.25. The SMILES string of the molecule is CCN(c1cccc(S(=O)(=O)CCOS(=O)(=O)O)c1)c1nc(Nc2cc(S(=O)(=O)O)cc(N=N/C(=N\Nc3cc(SOOO)ccc3C(=O)O)c3ccccc3)c2O)nc(SCC(=O)O)n1. The largest absolute Gasteiger partial charge is 0.504 e. The Kier molecular flexibility index (Phi) is 17.0. The number of nitrogens with zero attached hydrogens (tertiary/aromatic N) is 7. The van der Waals surface area contributed by atoms with Crippen LogP contribution in [0.4, 0.5) is 34.6 Å². The molecular formula is C35H33N9O17S5. The van der Waals surface area contributed by atoms with Crippen molar-refractivity contribution in [3.05, 3.63) is 96.1 Å². The molecule has 0 fully saturated rings. The second kappa shape index (κ2) is 22.2. The molecule has 0 aliphatic rings. The first kappa shape index (κ1) is 50.6. The normalized spacial score (nSPS) is 12.3. The van der Waals surface area contributed by atoms with Crippen LogP contribution < -0.4 is 15.6 Å². The number of aromatic hydroxyl groups is 1. The Morgan fingerprint density at radius 2 is 1.61 bits per heavy atom. The lowest BCUT2D eigenvalue weighted by Crippen LogP contribution is -2.21. The minimum absolute atomic E-state index is 0.0329. The number of azo groups is 1. The van der Waals surface area contributed by atoms with Gasteiger partial charge >= 0.3 is 22.3 Å². The van der Waals surface area contributed by atoms with E-state index in [0.29, 0.717) is 23.8 Å². The summed E-state index contributed by atoms with van der Waals surface area (Å²) in [7, 11) is -14.2. The van der Waals surface area contributed by atoms with E-state index in [4.69, 9.17) is 9.81 Å². The number of hydrogen-bond acceptors (Lipinski definition) is 23. The molecule has 0 radical (unpaired) electrons. The number of hydrogen-bond donors (Lipinski definition) is 8. The molecule has 0 unspecified atom stereocenters. The van der Waals surface area contributed by atoms with Gasteiger partial charge in [-0.25, -0.2) is 22.7 Å². The number of benzene rings is 4. The van der Waals surface area contributed by atoms with E-state index in [0.717, 1.165) is 12.1 Å². The molecule has 8 N–H and O–H groups in total. The molecule has 350 valence electrons. The fraction of sp³-hybridized carbons (Fsp3) is 0.143. The molecule has 26 nitrogen and oxygen atoms in total. The highest BCUT2D eigenvalue weighted by atomic mass is 32.3. The summed E-state index contributed by atoms with van der Waals surface area (Å²) in [6, 6.07) is 18.5. The lowest BCUT2D eigenvalue weighted by atomic mass is 10.2. The Labute approximate surface area is 382 Å². The van der Waals surface area contributed by atoms with Crippen LogP contribution in [0.25, 0.3) is 0 Å². The molecular weight excluding hydrogens is 979 g/mol. The summed E-state index contributed by atoms with van der Waals surface area (Å²) in [5, 5.41) is 57.3. The number of aliphatic carboxylic acids is 1. The van der Waals surface area contributed by atoms with Crippen LogP contribution in [0.2, 0.25) is 0 Å². The first-order valence-corrected chi connectivity index (χ1v) is 24.1. The Balaban J connectivity index is 1.57. The Hall–Kier alpha value is -6.39.